The molecule has 0 unspecified atom stereocenters. The molecule has 4 nitrogen and oxygen atoms in total. The first-order chi connectivity index (χ1) is 11.6. The molecule has 3 aromatic rings. The van der Waals surface area contributed by atoms with Gasteiger partial charge in [-0.1, -0.05) is 29.8 Å². The molecule has 5 heteroatoms. The van der Waals surface area contributed by atoms with Gasteiger partial charge in [-0.3, -0.25) is 9.59 Å². The molecule has 0 aliphatic carbocycles. The van der Waals surface area contributed by atoms with Gasteiger partial charge < -0.3 is 9.73 Å². The van der Waals surface area contributed by atoms with Gasteiger partial charge >= 0.3 is 0 Å². The highest BCUT2D eigenvalue weighted by Crippen LogP contribution is 2.22. The third-order valence-electron chi connectivity index (χ3n) is 3.65. The van der Waals surface area contributed by atoms with Crippen molar-refractivity contribution in [3.05, 3.63) is 81.2 Å². The van der Waals surface area contributed by atoms with Crippen molar-refractivity contribution in [1.29, 1.82) is 0 Å². The Morgan fingerprint density at radius 2 is 1.96 bits per heavy atom. The molecule has 0 radical (unpaired) electrons. The van der Waals surface area contributed by atoms with Crippen molar-refractivity contribution in [3.63, 3.8) is 0 Å². The second-order valence-electron chi connectivity index (χ2n) is 5.25. The molecule has 0 bridgehead atoms. The van der Waals surface area contributed by atoms with E-state index >= 15 is 0 Å². The molecule has 1 amide bonds. The van der Waals surface area contributed by atoms with Gasteiger partial charge in [0.15, 0.2) is 5.43 Å². The lowest BCUT2D eigenvalue weighted by molar-refractivity contribution is -0.111. The van der Waals surface area contributed by atoms with Gasteiger partial charge in [0, 0.05) is 16.8 Å². The first-order valence-electron chi connectivity index (χ1n) is 7.31. The van der Waals surface area contributed by atoms with Crippen molar-refractivity contribution in [2.24, 2.45) is 0 Å². The van der Waals surface area contributed by atoms with Crippen molar-refractivity contribution in [2.45, 2.75) is 6.92 Å². The smallest absolute Gasteiger partial charge is 0.248 e. The Kier molecular flexibility index (Phi) is 4.49. The van der Waals surface area contributed by atoms with E-state index in [9.17, 15) is 9.59 Å². The molecule has 24 heavy (non-hydrogen) atoms. The molecule has 0 atom stereocenters. The number of carbonyl (C=O) groups is 1. The lowest BCUT2D eigenvalue weighted by atomic mass is 10.1. The van der Waals surface area contributed by atoms with E-state index in [0.29, 0.717) is 27.2 Å². The van der Waals surface area contributed by atoms with Gasteiger partial charge in [0.1, 0.15) is 11.8 Å². The minimum Gasteiger partial charge on any atom is -0.463 e. The molecular weight excluding hydrogens is 326 g/mol. The molecule has 0 spiro atoms. The van der Waals surface area contributed by atoms with Crippen LogP contribution in [0.15, 0.2) is 64.0 Å². The topological polar surface area (TPSA) is 59.3 Å². The summed E-state index contributed by atoms with van der Waals surface area (Å²) in [5.74, 6) is -0.354. The first kappa shape index (κ1) is 16.0. The van der Waals surface area contributed by atoms with Crippen LogP contribution in [0.1, 0.15) is 11.1 Å². The Bertz CT molecular complexity index is 1000. The van der Waals surface area contributed by atoms with Crippen LogP contribution in [0.3, 0.4) is 0 Å². The van der Waals surface area contributed by atoms with E-state index < -0.39 is 0 Å². The van der Waals surface area contributed by atoms with E-state index in [2.05, 4.69) is 5.32 Å². The highest BCUT2D eigenvalue weighted by Gasteiger charge is 2.06. The van der Waals surface area contributed by atoms with Crippen LogP contribution in [0.25, 0.3) is 17.0 Å². The van der Waals surface area contributed by atoms with Gasteiger partial charge in [-0.25, -0.2) is 0 Å². The van der Waals surface area contributed by atoms with Gasteiger partial charge in [0.05, 0.1) is 10.9 Å². The number of amides is 1. The molecule has 0 aliphatic heterocycles. The van der Waals surface area contributed by atoms with Crippen LogP contribution in [0.4, 0.5) is 5.69 Å². The van der Waals surface area contributed by atoms with Crippen LogP contribution in [0.2, 0.25) is 5.02 Å². The maximum atomic E-state index is 12.3. The second-order valence-corrected chi connectivity index (χ2v) is 5.66. The highest BCUT2D eigenvalue weighted by atomic mass is 35.5. The van der Waals surface area contributed by atoms with E-state index in [0.717, 1.165) is 5.56 Å². The van der Waals surface area contributed by atoms with Gasteiger partial charge in [0.2, 0.25) is 5.91 Å². The number of hydrogen-bond donors (Lipinski definition) is 1. The molecule has 0 saturated carbocycles. The van der Waals surface area contributed by atoms with Crippen molar-refractivity contribution in [1.82, 2.24) is 0 Å². The summed E-state index contributed by atoms with van der Waals surface area (Å²) in [5.41, 5.74) is 2.05. The third kappa shape index (κ3) is 3.24. The van der Waals surface area contributed by atoms with Crippen LogP contribution in [-0.4, -0.2) is 5.91 Å². The van der Waals surface area contributed by atoms with E-state index in [4.69, 9.17) is 16.0 Å². The Morgan fingerprint density at radius 3 is 2.79 bits per heavy atom. The normalized spacial score (nSPS) is 11.1. The summed E-state index contributed by atoms with van der Waals surface area (Å²) < 4.78 is 5.41. The highest BCUT2D eigenvalue weighted by molar-refractivity contribution is 6.31. The van der Waals surface area contributed by atoms with E-state index in [-0.39, 0.29) is 11.3 Å². The molecular formula is C19H14ClNO3. The molecule has 1 aromatic heterocycles. The minimum absolute atomic E-state index is 0.181. The Balaban J connectivity index is 1.83. The zero-order valence-corrected chi connectivity index (χ0v) is 13.6. The SMILES string of the molecule is Cc1c(Cl)cccc1NC(=O)/C=C/c1coc2ccccc2c1=O. The predicted molar refractivity (Wildman–Crippen MR) is 96.3 cm³/mol. The van der Waals surface area contributed by atoms with Gasteiger partial charge in [0.25, 0.3) is 0 Å². The maximum absolute atomic E-state index is 12.3. The number of benzene rings is 2. The number of carbonyl (C=O) groups excluding carboxylic acids is 1. The molecule has 3 rings (SSSR count). The zero-order chi connectivity index (χ0) is 17.1. The quantitative estimate of drug-likeness (QED) is 0.719. The van der Waals surface area contributed by atoms with Crippen LogP contribution >= 0.6 is 11.6 Å². The van der Waals surface area contributed by atoms with Crippen LogP contribution in [-0.2, 0) is 4.79 Å². The van der Waals surface area contributed by atoms with Crippen molar-refractivity contribution in [2.75, 3.05) is 5.32 Å². The number of rotatable bonds is 3. The zero-order valence-electron chi connectivity index (χ0n) is 12.9. The van der Waals surface area contributed by atoms with Crippen LogP contribution < -0.4 is 10.7 Å². The van der Waals surface area contributed by atoms with Crippen molar-refractivity contribution in [3.8, 4) is 0 Å². The minimum atomic E-state index is -0.354. The predicted octanol–water partition coefficient (Wildman–Crippen LogP) is 4.41. The standard InChI is InChI=1S/C19H14ClNO3/c1-12-15(20)6-4-7-16(12)21-18(22)10-9-13-11-24-17-8-3-2-5-14(17)19(13)23/h2-11H,1H3,(H,21,22)/b10-9+. The van der Waals surface area contributed by atoms with E-state index in [1.165, 1.54) is 18.4 Å². The molecule has 0 fully saturated rings. The van der Waals surface area contributed by atoms with Crippen LogP contribution in [0, 0.1) is 6.92 Å². The Labute approximate surface area is 143 Å². The van der Waals surface area contributed by atoms with Gasteiger partial charge in [-0.2, -0.15) is 0 Å². The number of para-hydroxylation sites is 1. The fraction of sp³-hybridized carbons (Fsp3) is 0.0526. The Hall–Kier alpha value is -2.85. The maximum Gasteiger partial charge on any atom is 0.248 e. The Morgan fingerprint density at radius 1 is 1.17 bits per heavy atom. The average Bonchev–Trinajstić information content (AvgIpc) is 2.59. The summed E-state index contributed by atoms with van der Waals surface area (Å²) in [5, 5.41) is 3.79. The van der Waals surface area contributed by atoms with Crippen molar-refractivity contribution >= 4 is 40.2 Å². The number of nitrogens with one attached hydrogen (secondary N) is 1. The lowest BCUT2D eigenvalue weighted by Gasteiger charge is -2.07. The molecule has 1 heterocycles. The summed E-state index contributed by atoms with van der Waals surface area (Å²) >= 11 is 6.02. The number of hydrogen-bond acceptors (Lipinski definition) is 3. The monoisotopic (exact) mass is 339 g/mol. The fourth-order valence-electron chi connectivity index (χ4n) is 2.29. The third-order valence-corrected chi connectivity index (χ3v) is 4.06. The molecule has 0 saturated heterocycles. The summed E-state index contributed by atoms with van der Waals surface area (Å²) in [6.45, 7) is 1.82. The van der Waals surface area contributed by atoms with Gasteiger partial charge in [-0.15, -0.1) is 0 Å². The molecule has 120 valence electrons. The molecule has 2 aromatic carbocycles. The first-order valence-corrected chi connectivity index (χ1v) is 7.69. The largest absolute Gasteiger partial charge is 0.463 e. The molecule has 1 N–H and O–H groups in total. The fourth-order valence-corrected chi connectivity index (χ4v) is 2.47. The van der Waals surface area contributed by atoms with Gasteiger partial charge in [-0.05, 0) is 42.8 Å². The summed E-state index contributed by atoms with van der Waals surface area (Å²) in [6.07, 6.45) is 4.08. The summed E-state index contributed by atoms with van der Waals surface area (Å²) in [4.78, 5) is 24.4. The number of anilines is 1. The summed E-state index contributed by atoms with van der Waals surface area (Å²) in [6, 6.07) is 12.2. The summed E-state index contributed by atoms with van der Waals surface area (Å²) in [7, 11) is 0. The molecule has 0 aliphatic rings. The number of fused-ring (bicyclic) bond motifs is 1. The van der Waals surface area contributed by atoms with Crippen molar-refractivity contribution < 1.29 is 9.21 Å². The van der Waals surface area contributed by atoms with Crippen LogP contribution in [0.5, 0.6) is 0 Å². The number of halogens is 1. The van der Waals surface area contributed by atoms with E-state index in [1.54, 1.807) is 42.5 Å². The van der Waals surface area contributed by atoms with E-state index in [1.807, 2.05) is 6.92 Å². The lowest BCUT2D eigenvalue weighted by Crippen LogP contribution is -2.10. The average molecular weight is 340 g/mol. The second kappa shape index (κ2) is 6.72.